The van der Waals surface area contributed by atoms with Crippen molar-refractivity contribution in [1.29, 1.82) is 0 Å². The van der Waals surface area contributed by atoms with E-state index in [1.807, 2.05) is 0 Å². The topological polar surface area (TPSA) is 33.7 Å². The van der Waals surface area contributed by atoms with Crippen molar-refractivity contribution in [1.82, 2.24) is 10.2 Å². The van der Waals surface area contributed by atoms with Gasteiger partial charge in [-0.1, -0.05) is 27.7 Å². The van der Waals surface area contributed by atoms with E-state index >= 15 is 0 Å². The van der Waals surface area contributed by atoms with Crippen LogP contribution in [-0.2, 0) is 9.47 Å². The molecule has 4 nitrogen and oxygen atoms in total. The summed E-state index contributed by atoms with van der Waals surface area (Å²) in [6, 6.07) is 1.08. The highest BCUT2D eigenvalue weighted by Gasteiger charge is 2.21. The van der Waals surface area contributed by atoms with Crippen LogP contribution in [0.3, 0.4) is 0 Å². The summed E-state index contributed by atoms with van der Waals surface area (Å²) in [6.45, 7) is 13.7. The van der Waals surface area contributed by atoms with Gasteiger partial charge in [0.05, 0.1) is 6.61 Å². The molecular formula is C15H34N2O2. The molecule has 1 N–H and O–H groups in total. The van der Waals surface area contributed by atoms with Gasteiger partial charge in [0.1, 0.15) is 0 Å². The summed E-state index contributed by atoms with van der Waals surface area (Å²) in [7, 11) is 3.53. The zero-order valence-electron chi connectivity index (χ0n) is 13.7. The van der Waals surface area contributed by atoms with Crippen LogP contribution in [0.15, 0.2) is 0 Å². The van der Waals surface area contributed by atoms with Crippen molar-refractivity contribution in [3.8, 4) is 0 Å². The number of ether oxygens (including phenoxy) is 2. The Kier molecular flexibility index (Phi) is 11.6. The quantitative estimate of drug-likeness (QED) is 0.552. The molecule has 0 aromatic heterocycles. The van der Waals surface area contributed by atoms with Crippen LogP contribution in [0.1, 0.15) is 34.1 Å². The third kappa shape index (κ3) is 9.38. The zero-order valence-corrected chi connectivity index (χ0v) is 13.7. The van der Waals surface area contributed by atoms with Crippen molar-refractivity contribution < 1.29 is 9.47 Å². The lowest BCUT2D eigenvalue weighted by molar-refractivity contribution is 0.0873. The molecule has 0 aromatic rings. The predicted molar refractivity (Wildman–Crippen MR) is 81.7 cm³/mol. The van der Waals surface area contributed by atoms with Gasteiger partial charge in [0.25, 0.3) is 0 Å². The van der Waals surface area contributed by atoms with Crippen molar-refractivity contribution in [3.63, 3.8) is 0 Å². The largest absolute Gasteiger partial charge is 0.385 e. The van der Waals surface area contributed by atoms with Crippen LogP contribution in [0.4, 0.5) is 0 Å². The molecule has 0 fully saturated rings. The van der Waals surface area contributed by atoms with Gasteiger partial charge in [-0.2, -0.15) is 0 Å². The van der Waals surface area contributed by atoms with Gasteiger partial charge in [0.15, 0.2) is 0 Å². The van der Waals surface area contributed by atoms with Crippen LogP contribution in [0, 0.1) is 5.92 Å². The van der Waals surface area contributed by atoms with E-state index in [4.69, 9.17) is 9.47 Å². The number of hydrogen-bond donors (Lipinski definition) is 1. The molecule has 0 spiro atoms. The monoisotopic (exact) mass is 274 g/mol. The highest BCUT2D eigenvalue weighted by molar-refractivity contribution is 4.78. The Morgan fingerprint density at radius 3 is 2.05 bits per heavy atom. The fraction of sp³-hybridized carbons (Fsp3) is 1.00. The summed E-state index contributed by atoms with van der Waals surface area (Å²) in [5, 5.41) is 3.56. The second kappa shape index (κ2) is 11.6. The molecule has 19 heavy (non-hydrogen) atoms. The number of hydrogen-bond acceptors (Lipinski definition) is 4. The molecule has 0 aromatic carbocycles. The van der Waals surface area contributed by atoms with E-state index < -0.39 is 0 Å². The summed E-state index contributed by atoms with van der Waals surface area (Å²) in [5.41, 5.74) is 0. The van der Waals surface area contributed by atoms with Crippen molar-refractivity contribution in [2.45, 2.75) is 46.2 Å². The molecule has 116 valence electrons. The molecule has 0 heterocycles. The minimum atomic E-state index is 0.532. The molecule has 0 amide bonds. The Labute approximate surface area is 119 Å². The van der Waals surface area contributed by atoms with Crippen molar-refractivity contribution in [2.24, 2.45) is 5.92 Å². The molecule has 0 radical (unpaired) electrons. The fourth-order valence-corrected chi connectivity index (χ4v) is 2.21. The van der Waals surface area contributed by atoms with E-state index in [1.54, 1.807) is 14.2 Å². The van der Waals surface area contributed by atoms with Crippen LogP contribution in [0.2, 0.25) is 0 Å². The Bertz CT molecular complexity index is 199. The molecule has 0 aliphatic rings. The Hall–Kier alpha value is -0.160. The highest BCUT2D eigenvalue weighted by atomic mass is 16.5. The van der Waals surface area contributed by atoms with Crippen LogP contribution >= 0.6 is 0 Å². The van der Waals surface area contributed by atoms with E-state index in [0.717, 1.165) is 39.3 Å². The summed E-state index contributed by atoms with van der Waals surface area (Å²) >= 11 is 0. The lowest BCUT2D eigenvalue weighted by Crippen LogP contribution is -2.48. The molecule has 0 aliphatic heterocycles. The second-order valence-corrected chi connectivity index (χ2v) is 5.75. The lowest BCUT2D eigenvalue weighted by atomic mass is 10.0. The van der Waals surface area contributed by atoms with Gasteiger partial charge in [-0.05, 0) is 12.3 Å². The van der Waals surface area contributed by atoms with E-state index in [0.29, 0.717) is 18.0 Å². The van der Waals surface area contributed by atoms with E-state index in [2.05, 4.69) is 37.9 Å². The Balaban J connectivity index is 4.42. The first-order valence-electron chi connectivity index (χ1n) is 7.48. The molecule has 0 aliphatic carbocycles. The maximum atomic E-state index is 5.24. The molecule has 0 bridgehead atoms. The average molecular weight is 274 g/mol. The number of nitrogens with one attached hydrogen (secondary N) is 1. The minimum absolute atomic E-state index is 0.532. The smallest absolute Gasteiger partial charge is 0.0589 e. The number of nitrogens with zero attached hydrogens (tertiary/aromatic N) is 1. The molecule has 1 atom stereocenters. The summed E-state index contributed by atoms with van der Waals surface area (Å²) < 4.78 is 10.4. The molecule has 1 unspecified atom stereocenters. The molecule has 0 saturated heterocycles. The first-order valence-corrected chi connectivity index (χ1v) is 7.48. The third-order valence-corrected chi connectivity index (χ3v) is 3.35. The Morgan fingerprint density at radius 1 is 0.947 bits per heavy atom. The normalized spacial score (nSPS) is 13.7. The first-order chi connectivity index (χ1) is 9.02. The van der Waals surface area contributed by atoms with Gasteiger partial charge in [-0.25, -0.2) is 0 Å². The van der Waals surface area contributed by atoms with Gasteiger partial charge in [-0.3, -0.25) is 4.90 Å². The van der Waals surface area contributed by atoms with Crippen LogP contribution in [0.5, 0.6) is 0 Å². The van der Waals surface area contributed by atoms with Gasteiger partial charge in [0, 0.05) is 52.5 Å². The number of rotatable bonds is 12. The highest BCUT2D eigenvalue weighted by Crippen LogP contribution is 2.11. The third-order valence-electron chi connectivity index (χ3n) is 3.35. The van der Waals surface area contributed by atoms with E-state index in [-0.39, 0.29) is 0 Å². The average Bonchev–Trinajstić information content (AvgIpc) is 2.34. The lowest BCUT2D eigenvalue weighted by Gasteiger charge is -2.35. The van der Waals surface area contributed by atoms with Gasteiger partial charge in [0.2, 0.25) is 0 Å². The van der Waals surface area contributed by atoms with Crippen LogP contribution in [-0.4, -0.2) is 64.1 Å². The van der Waals surface area contributed by atoms with Gasteiger partial charge < -0.3 is 14.8 Å². The summed E-state index contributed by atoms with van der Waals surface area (Å²) in [6.07, 6.45) is 1.07. The zero-order chi connectivity index (χ0) is 14.7. The summed E-state index contributed by atoms with van der Waals surface area (Å²) in [5.74, 6) is 0.630. The fourth-order valence-electron chi connectivity index (χ4n) is 2.21. The predicted octanol–water partition coefficient (Wildman–Crippen LogP) is 1.99. The summed E-state index contributed by atoms with van der Waals surface area (Å²) in [4.78, 5) is 2.53. The Morgan fingerprint density at radius 2 is 1.58 bits per heavy atom. The van der Waals surface area contributed by atoms with Crippen LogP contribution in [0.25, 0.3) is 0 Å². The van der Waals surface area contributed by atoms with Crippen molar-refractivity contribution >= 4 is 0 Å². The molecule has 0 saturated carbocycles. The van der Waals surface area contributed by atoms with E-state index in [1.165, 1.54) is 0 Å². The maximum Gasteiger partial charge on any atom is 0.0589 e. The molecule has 4 heteroatoms. The van der Waals surface area contributed by atoms with Crippen molar-refractivity contribution in [2.75, 3.05) is 47.1 Å². The maximum absolute atomic E-state index is 5.24. The standard InChI is InChI=1S/C15H34N2O2/c1-13(2)15(12-16-14(3)4)17(9-11-19-6)8-7-10-18-5/h13-16H,7-12H2,1-6H3. The van der Waals surface area contributed by atoms with Gasteiger partial charge >= 0.3 is 0 Å². The minimum Gasteiger partial charge on any atom is -0.385 e. The molecule has 0 rings (SSSR count). The van der Waals surface area contributed by atoms with Gasteiger partial charge in [-0.15, -0.1) is 0 Å². The molecular weight excluding hydrogens is 240 g/mol. The van der Waals surface area contributed by atoms with E-state index in [9.17, 15) is 0 Å². The van der Waals surface area contributed by atoms with Crippen molar-refractivity contribution in [3.05, 3.63) is 0 Å². The second-order valence-electron chi connectivity index (χ2n) is 5.75. The number of methoxy groups -OCH3 is 2. The SMILES string of the molecule is COCCCN(CCOC)C(CNC(C)C)C(C)C. The first kappa shape index (κ1) is 18.8. The van der Waals surface area contributed by atoms with Crippen LogP contribution < -0.4 is 5.32 Å².